The first-order chi connectivity index (χ1) is 8.04. The highest BCUT2D eigenvalue weighted by molar-refractivity contribution is 9.10. The van der Waals surface area contributed by atoms with Gasteiger partial charge in [0.25, 0.3) is 0 Å². The van der Waals surface area contributed by atoms with Crippen LogP contribution < -0.4 is 5.46 Å². The van der Waals surface area contributed by atoms with E-state index < -0.39 is 17.5 Å². The van der Waals surface area contributed by atoms with Crippen LogP contribution in [0.2, 0.25) is 0 Å². The van der Waals surface area contributed by atoms with Crippen LogP contribution in [0.3, 0.4) is 0 Å². The lowest BCUT2D eigenvalue weighted by Gasteiger charge is -2.11. The van der Waals surface area contributed by atoms with E-state index >= 15 is 0 Å². The van der Waals surface area contributed by atoms with Crippen molar-refractivity contribution < 1.29 is 13.2 Å². The SMILES string of the molecule is Bc1c(F)c(-c2ccccc2)c(F)c(F)c1Br. The van der Waals surface area contributed by atoms with Gasteiger partial charge in [-0.3, -0.25) is 0 Å². The second-order valence-corrected chi connectivity index (χ2v) is 4.41. The van der Waals surface area contributed by atoms with E-state index in [0.29, 0.717) is 5.56 Å². The summed E-state index contributed by atoms with van der Waals surface area (Å²) in [5, 5.41) is 0. The molecule has 0 nitrogen and oxygen atoms in total. The molecule has 0 saturated heterocycles. The Kier molecular flexibility index (Phi) is 3.29. The molecule has 17 heavy (non-hydrogen) atoms. The molecule has 0 bridgehead atoms. The molecule has 0 fully saturated rings. The van der Waals surface area contributed by atoms with Gasteiger partial charge in [-0.2, -0.15) is 0 Å². The molecule has 2 rings (SSSR count). The molecule has 0 heterocycles. The number of benzene rings is 2. The summed E-state index contributed by atoms with van der Waals surface area (Å²) < 4.78 is 41.1. The van der Waals surface area contributed by atoms with E-state index in [1.807, 2.05) is 0 Å². The second-order valence-electron chi connectivity index (χ2n) is 3.62. The zero-order chi connectivity index (χ0) is 12.6. The molecule has 0 unspecified atom stereocenters. The third-order valence-corrected chi connectivity index (χ3v) is 3.49. The number of halogens is 4. The van der Waals surface area contributed by atoms with Crippen molar-refractivity contribution in [3.63, 3.8) is 0 Å². The van der Waals surface area contributed by atoms with Gasteiger partial charge in [-0.15, -0.1) is 0 Å². The Morgan fingerprint density at radius 2 is 1.47 bits per heavy atom. The van der Waals surface area contributed by atoms with Gasteiger partial charge in [0.05, 0.1) is 10.0 Å². The van der Waals surface area contributed by atoms with Crippen molar-refractivity contribution in [3.8, 4) is 11.1 Å². The molecule has 5 heteroatoms. The molecule has 0 aromatic heterocycles. The van der Waals surface area contributed by atoms with Gasteiger partial charge in [-0.05, 0) is 27.0 Å². The summed E-state index contributed by atoms with van der Waals surface area (Å²) in [6.45, 7) is 0. The van der Waals surface area contributed by atoms with Crippen molar-refractivity contribution in [2.24, 2.45) is 0 Å². The Balaban J connectivity index is 2.80. The summed E-state index contributed by atoms with van der Waals surface area (Å²) >= 11 is 2.83. The van der Waals surface area contributed by atoms with Crippen molar-refractivity contribution in [1.82, 2.24) is 0 Å². The summed E-state index contributed by atoms with van der Waals surface area (Å²) in [6.07, 6.45) is 0. The second kappa shape index (κ2) is 4.57. The Hall–Kier alpha value is -1.23. The normalized spacial score (nSPS) is 10.6. The predicted molar refractivity (Wildman–Crippen MR) is 67.6 cm³/mol. The van der Waals surface area contributed by atoms with Gasteiger partial charge in [0.15, 0.2) is 11.6 Å². The summed E-state index contributed by atoms with van der Waals surface area (Å²) in [5.74, 6) is -2.99. The fraction of sp³-hybridized carbons (Fsp3) is 0. The minimum Gasteiger partial charge on any atom is -0.207 e. The predicted octanol–water partition coefficient (Wildman–Crippen LogP) is 2.79. The van der Waals surface area contributed by atoms with Gasteiger partial charge >= 0.3 is 0 Å². The average Bonchev–Trinajstić information content (AvgIpc) is 2.36. The fourth-order valence-electron chi connectivity index (χ4n) is 1.61. The molecule has 0 aliphatic carbocycles. The van der Waals surface area contributed by atoms with Gasteiger partial charge in [0.1, 0.15) is 13.7 Å². The summed E-state index contributed by atoms with van der Waals surface area (Å²) in [4.78, 5) is 0. The lowest BCUT2D eigenvalue weighted by molar-refractivity contribution is 0.497. The quantitative estimate of drug-likeness (QED) is 0.431. The lowest BCUT2D eigenvalue weighted by atomic mass is 9.90. The van der Waals surface area contributed by atoms with Crippen LogP contribution in [0.1, 0.15) is 0 Å². The minimum absolute atomic E-state index is 0.0581. The molecular weight excluding hydrogens is 292 g/mol. The first-order valence-electron chi connectivity index (χ1n) is 4.92. The lowest BCUT2D eigenvalue weighted by Crippen LogP contribution is -2.16. The smallest absolute Gasteiger partial charge is 0.173 e. The van der Waals surface area contributed by atoms with Crippen molar-refractivity contribution in [2.75, 3.05) is 0 Å². The van der Waals surface area contributed by atoms with E-state index in [4.69, 9.17) is 0 Å². The van der Waals surface area contributed by atoms with Gasteiger partial charge in [-0.25, -0.2) is 13.2 Å². The third kappa shape index (κ3) is 1.99. The standard InChI is InChI=1S/C12H7BBrF3/c13-8-9(14)12(17)11(16)7(10(8)15)6-4-2-1-3-5-6/h1-5H,13H2. The van der Waals surface area contributed by atoms with E-state index in [2.05, 4.69) is 15.9 Å². The van der Waals surface area contributed by atoms with Crippen molar-refractivity contribution in [3.05, 3.63) is 52.3 Å². The molecule has 2 aromatic rings. The molecule has 0 atom stereocenters. The topological polar surface area (TPSA) is 0 Å². The molecular formula is C12H7BBrF3. The van der Waals surface area contributed by atoms with Crippen LogP contribution in [-0.2, 0) is 0 Å². The van der Waals surface area contributed by atoms with Crippen LogP contribution in [0.15, 0.2) is 34.8 Å². The molecule has 0 radical (unpaired) electrons. The maximum absolute atomic E-state index is 14.0. The largest absolute Gasteiger partial charge is 0.207 e. The number of hydrogen-bond acceptors (Lipinski definition) is 0. The molecule has 0 spiro atoms. The van der Waals surface area contributed by atoms with Gasteiger partial charge < -0.3 is 0 Å². The molecule has 0 aliphatic heterocycles. The van der Waals surface area contributed by atoms with Crippen LogP contribution in [0.25, 0.3) is 11.1 Å². The van der Waals surface area contributed by atoms with E-state index in [0.717, 1.165) is 0 Å². The highest BCUT2D eigenvalue weighted by Gasteiger charge is 2.21. The molecule has 86 valence electrons. The van der Waals surface area contributed by atoms with Crippen LogP contribution in [0.4, 0.5) is 13.2 Å². The number of rotatable bonds is 1. The summed E-state index contributed by atoms with van der Waals surface area (Å²) in [6, 6.07) is 8.08. The minimum atomic E-state index is -1.17. The Labute approximate surface area is 106 Å². The summed E-state index contributed by atoms with van der Waals surface area (Å²) in [7, 11) is 1.40. The van der Waals surface area contributed by atoms with Crippen molar-refractivity contribution in [1.29, 1.82) is 0 Å². The van der Waals surface area contributed by atoms with Gasteiger partial charge in [-0.1, -0.05) is 30.3 Å². The fourth-order valence-corrected chi connectivity index (χ4v) is 1.96. The third-order valence-electron chi connectivity index (χ3n) is 2.55. The van der Waals surface area contributed by atoms with E-state index in [-0.39, 0.29) is 15.5 Å². The van der Waals surface area contributed by atoms with Crippen molar-refractivity contribution >= 4 is 29.2 Å². The van der Waals surface area contributed by atoms with Gasteiger partial charge in [0, 0.05) is 0 Å². The molecule has 0 amide bonds. The maximum atomic E-state index is 14.0. The monoisotopic (exact) mass is 298 g/mol. The Morgan fingerprint density at radius 1 is 0.882 bits per heavy atom. The maximum Gasteiger partial charge on any atom is 0.173 e. The highest BCUT2D eigenvalue weighted by atomic mass is 79.9. The molecule has 0 saturated carbocycles. The Bertz CT molecular complexity index is 541. The molecule has 2 aromatic carbocycles. The number of hydrogen-bond donors (Lipinski definition) is 0. The zero-order valence-corrected chi connectivity index (χ0v) is 10.5. The summed E-state index contributed by atoms with van der Waals surface area (Å²) in [5.41, 5.74) is 0.0450. The van der Waals surface area contributed by atoms with Gasteiger partial charge in [0.2, 0.25) is 0 Å². The Morgan fingerprint density at radius 3 is 2.06 bits per heavy atom. The highest BCUT2D eigenvalue weighted by Crippen LogP contribution is 2.29. The molecule has 0 N–H and O–H groups in total. The van der Waals surface area contributed by atoms with E-state index in [9.17, 15) is 13.2 Å². The first-order valence-corrected chi connectivity index (χ1v) is 5.71. The average molecular weight is 299 g/mol. The van der Waals surface area contributed by atoms with Crippen LogP contribution >= 0.6 is 15.9 Å². The van der Waals surface area contributed by atoms with Crippen LogP contribution in [0, 0.1) is 17.5 Å². The van der Waals surface area contributed by atoms with Crippen molar-refractivity contribution in [2.45, 2.75) is 0 Å². The van der Waals surface area contributed by atoms with E-state index in [1.54, 1.807) is 18.2 Å². The molecule has 0 aliphatic rings. The first kappa shape index (κ1) is 12.2. The van der Waals surface area contributed by atoms with Crippen LogP contribution in [-0.4, -0.2) is 7.85 Å². The van der Waals surface area contributed by atoms with Crippen LogP contribution in [0.5, 0.6) is 0 Å². The zero-order valence-electron chi connectivity index (χ0n) is 8.90. The van der Waals surface area contributed by atoms with E-state index in [1.165, 1.54) is 20.0 Å².